The number of likely N-dealkylation sites (N-methyl/N-ethyl adjacent to an activating group) is 2. The summed E-state index contributed by atoms with van der Waals surface area (Å²) in [6, 6.07) is 21.2. The second-order valence-corrected chi connectivity index (χ2v) is 15.0. The summed E-state index contributed by atoms with van der Waals surface area (Å²) in [5.41, 5.74) is 6.91. The molecule has 0 radical (unpaired) electrons. The van der Waals surface area contributed by atoms with E-state index in [9.17, 15) is 14.4 Å². The summed E-state index contributed by atoms with van der Waals surface area (Å²) in [7, 11) is 5.82. The number of hydrogen-bond donors (Lipinski definition) is 1. The second-order valence-electron chi connectivity index (χ2n) is 15.0. The van der Waals surface area contributed by atoms with Gasteiger partial charge in [0, 0.05) is 68.7 Å². The minimum Gasteiger partial charge on any atom is -0.338 e. The number of aromatic nitrogens is 2. The molecule has 0 saturated carbocycles. The van der Waals surface area contributed by atoms with E-state index >= 15 is 0 Å². The summed E-state index contributed by atoms with van der Waals surface area (Å²) < 4.78 is 1.57. The van der Waals surface area contributed by atoms with Gasteiger partial charge in [-0.3, -0.25) is 19.3 Å². The zero-order valence-electron chi connectivity index (χ0n) is 31.1. The Morgan fingerprint density at radius 3 is 2.16 bits per heavy atom. The number of carbonyl (C=O) groups is 2. The summed E-state index contributed by atoms with van der Waals surface area (Å²) in [5, 5.41) is 3.07. The Morgan fingerprint density at radius 2 is 1.56 bits per heavy atom. The van der Waals surface area contributed by atoms with Crippen LogP contribution in [0.15, 0.2) is 77.7 Å². The van der Waals surface area contributed by atoms with Gasteiger partial charge in [0.25, 0.3) is 11.5 Å². The largest absolute Gasteiger partial charge is 0.338 e. The van der Waals surface area contributed by atoms with Crippen LogP contribution >= 0.6 is 0 Å². The number of benzene rings is 3. The fraction of sp³-hybridized carbons (Fsp3) is 0.415. The van der Waals surface area contributed by atoms with Gasteiger partial charge in [-0.05, 0) is 80.7 Å². The summed E-state index contributed by atoms with van der Waals surface area (Å²) >= 11 is 0. The minimum atomic E-state index is -0.389. The summed E-state index contributed by atoms with van der Waals surface area (Å²) in [5.74, 6) is -0.0622. The summed E-state index contributed by atoms with van der Waals surface area (Å²) in [6.45, 7) is 15.8. The number of piperazine rings is 1. The molecule has 0 bridgehead atoms. The van der Waals surface area contributed by atoms with Crippen LogP contribution in [0.2, 0.25) is 0 Å². The van der Waals surface area contributed by atoms with Crippen molar-refractivity contribution in [1.82, 2.24) is 24.3 Å². The third-order valence-corrected chi connectivity index (χ3v) is 9.95. The Balaban J connectivity index is 1.37. The fourth-order valence-corrected chi connectivity index (χ4v) is 6.34. The topological polar surface area (TPSA) is 90.8 Å². The van der Waals surface area contributed by atoms with Crippen LogP contribution in [0.4, 0.5) is 5.69 Å². The van der Waals surface area contributed by atoms with Crippen molar-refractivity contribution in [2.75, 3.05) is 45.6 Å². The molecule has 9 nitrogen and oxygen atoms in total. The maximum Gasteiger partial charge on any atom is 0.272 e. The molecule has 1 saturated heterocycles. The van der Waals surface area contributed by atoms with Gasteiger partial charge in [-0.25, -0.2) is 4.98 Å². The molecule has 2 heterocycles. The van der Waals surface area contributed by atoms with Crippen molar-refractivity contribution in [3.63, 3.8) is 0 Å². The molecule has 1 N–H and O–H groups in total. The van der Waals surface area contributed by atoms with Crippen LogP contribution in [0, 0.1) is 6.92 Å². The first kappa shape index (κ1) is 36.7. The van der Waals surface area contributed by atoms with E-state index in [1.807, 2.05) is 85.6 Å². The van der Waals surface area contributed by atoms with E-state index in [0.29, 0.717) is 29.1 Å². The number of carbonyl (C=O) groups excluding carboxylic acids is 2. The maximum absolute atomic E-state index is 13.8. The van der Waals surface area contributed by atoms with Crippen molar-refractivity contribution >= 4 is 17.5 Å². The number of anilines is 1. The molecule has 1 atom stereocenters. The van der Waals surface area contributed by atoms with Crippen LogP contribution in [0.25, 0.3) is 11.3 Å². The molecule has 1 unspecified atom stereocenters. The third kappa shape index (κ3) is 8.22. The minimum absolute atomic E-state index is 0.00351. The van der Waals surface area contributed by atoms with E-state index in [1.165, 1.54) is 5.56 Å². The second kappa shape index (κ2) is 15.1. The van der Waals surface area contributed by atoms with Crippen LogP contribution in [-0.2, 0) is 23.7 Å². The zero-order valence-corrected chi connectivity index (χ0v) is 31.1. The molecule has 1 aromatic heterocycles. The Labute approximate surface area is 296 Å². The monoisotopic (exact) mass is 676 g/mol. The molecule has 5 rings (SSSR count). The van der Waals surface area contributed by atoms with Crippen molar-refractivity contribution in [1.29, 1.82) is 0 Å². The Hall–Kier alpha value is -4.60. The lowest BCUT2D eigenvalue weighted by Gasteiger charge is -2.38. The highest BCUT2D eigenvalue weighted by Crippen LogP contribution is 2.29. The quantitative estimate of drug-likeness (QED) is 0.232. The average molecular weight is 677 g/mol. The van der Waals surface area contributed by atoms with Gasteiger partial charge < -0.3 is 19.7 Å². The molecule has 0 aliphatic carbocycles. The first-order valence-corrected chi connectivity index (χ1v) is 17.5. The number of hydrogen-bond acceptors (Lipinski definition) is 6. The van der Waals surface area contributed by atoms with Gasteiger partial charge in [-0.2, -0.15) is 0 Å². The van der Waals surface area contributed by atoms with Crippen LogP contribution in [0.3, 0.4) is 0 Å². The van der Waals surface area contributed by atoms with Crippen molar-refractivity contribution < 1.29 is 9.59 Å². The van der Waals surface area contributed by atoms with E-state index in [0.717, 1.165) is 48.4 Å². The van der Waals surface area contributed by atoms with Gasteiger partial charge in [0.1, 0.15) is 11.7 Å². The average Bonchev–Trinajstić information content (AvgIpc) is 3.08. The molecule has 1 fully saturated rings. The zero-order chi connectivity index (χ0) is 36.3. The molecule has 1 aliphatic heterocycles. The van der Waals surface area contributed by atoms with Gasteiger partial charge in [0.15, 0.2) is 0 Å². The lowest BCUT2D eigenvalue weighted by molar-refractivity contribution is -0.139. The highest BCUT2D eigenvalue weighted by atomic mass is 16.2. The highest BCUT2D eigenvalue weighted by molar-refractivity contribution is 6.05. The van der Waals surface area contributed by atoms with E-state index in [2.05, 4.69) is 56.8 Å². The summed E-state index contributed by atoms with van der Waals surface area (Å²) in [6.07, 6.45) is 2.09. The Kier molecular flexibility index (Phi) is 11.1. The molecule has 0 spiro atoms. The number of nitrogens with zero attached hydrogens (tertiary/aromatic N) is 5. The predicted molar refractivity (Wildman–Crippen MR) is 202 cm³/mol. The van der Waals surface area contributed by atoms with Crippen LogP contribution < -0.4 is 10.9 Å². The van der Waals surface area contributed by atoms with Gasteiger partial charge in [-0.15, -0.1) is 0 Å². The van der Waals surface area contributed by atoms with E-state index in [1.54, 1.807) is 17.8 Å². The van der Waals surface area contributed by atoms with Crippen molar-refractivity contribution in [2.24, 2.45) is 7.05 Å². The SMILES string of the molecule is Cc1c(NC(=O)c2ccc(C(C)(C)C)cc2)cccc1-c1cn(C)c(=O)c(Cc2ccc(C(C(=O)N3CCN(C)CC3)N(C)C(C)C)cc2)n1. The van der Waals surface area contributed by atoms with Crippen LogP contribution in [-0.4, -0.2) is 82.4 Å². The van der Waals surface area contributed by atoms with Crippen molar-refractivity contribution in [2.45, 2.75) is 65.5 Å². The number of nitrogens with one attached hydrogen (secondary N) is 1. The molecule has 1 aliphatic rings. The normalized spacial score (nSPS) is 14.7. The van der Waals surface area contributed by atoms with Gasteiger partial charge in [0.05, 0.1) is 5.69 Å². The molecular formula is C41H52N6O3. The number of rotatable bonds is 9. The van der Waals surface area contributed by atoms with Crippen molar-refractivity contribution in [3.8, 4) is 11.3 Å². The molecule has 9 heteroatoms. The van der Waals surface area contributed by atoms with Crippen LogP contribution in [0.5, 0.6) is 0 Å². The maximum atomic E-state index is 13.8. The molecule has 2 amide bonds. The smallest absolute Gasteiger partial charge is 0.272 e. The van der Waals surface area contributed by atoms with Gasteiger partial charge in [-0.1, -0.05) is 69.3 Å². The van der Waals surface area contributed by atoms with E-state index in [-0.39, 0.29) is 34.9 Å². The standard InChI is InChI=1S/C41H52N6O3/c1-27(2)46(9)37(40(50)47-23-21-44(7)22-24-47)30-15-13-29(14-16-30)25-35-39(49)45(8)26-36(42-35)33-11-10-12-34(28(33)3)43-38(48)31-17-19-32(20-18-31)41(4,5)6/h10-20,26-27,37H,21-25H2,1-9H3,(H,43,48). The first-order chi connectivity index (χ1) is 23.6. The Morgan fingerprint density at radius 1 is 0.920 bits per heavy atom. The van der Waals surface area contributed by atoms with Gasteiger partial charge in [0.2, 0.25) is 5.91 Å². The van der Waals surface area contributed by atoms with Gasteiger partial charge >= 0.3 is 0 Å². The fourth-order valence-electron chi connectivity index (χ4n) is 6.34. The van der Waals surface area contributed by atoms with E-state index in [4.69, 9.17) is 4.98 Å². The summed E-state index contributed by atoms with van der Waals surface area (Å²) in [4.78, 5) is 51.5. The number of aryl methyl sites for hydroxylation is 1. The molecule has 264 valence electrons. The lowest BCUT2D eigenvalue weighted by Crippen LogP contribution is -2.51. The highest BCUT2D eigenvalue weighted by Gasteiger charge is 2.32. The first-order valence-electron chi connectivity index (χ1n) is 17.5. The molecular weight excluding hydrogens is 624 g/mol. The Bertz CT molecular complexity index is 1880. The number of amides is 2. The third-order valence-electron chi connectivity index (χ3n) is 9.95. The molecule has 50 heavy (non-hydrogen) atoms. The predicted octanol–water partition coefficient (Wildman–Crippen LogP) is 6.05. The van der Waals surface area contributed by atoms with Crippen molar-refractivity contribution in [3.05, 3.63) is 117 Å². The molecule has 4 aromatic rings. The van der Waals surface area contributed by atoms with E-state index < -0.39 is 0 Å². The lowest BCUT2D eigenvalue weighted by atomic mass is 9.86. The van der Waals surface area contributed by atoms with Crippen LogP contribution in [0.1, 0.15) is 79.0 Å². The molecule has 3 aromatic carbocycles.